The molecule has 114 valence electrons. The molecule has 0 saturated heterocycles. The van der Waals surface area contributed by atoms with Gasteiger partial charge in [0, 0.05) is 22.1 Å². The second-order valence-corrected chi connectivity index (χ2v) is 6.18. The number of carbonyl (C=O) groups excluding carboxylic acids is 1. The van der Waals surface area contributed by atoms with E-state index < -0.39 is 5.97 Å². The fraction of sp³-hybridized carbons (Fsp3) is 0.467. The highest BCUT2D eigenvalue weighted by Crippen LogP contribution is 2.26. The number of likely N-dealkylation sites (N-methyl/N-ethyl adjacent to an activating group) is 1. The van der Waals surface area contributed by atoms with E-state index in [0.29, 0.717) is 12.1 Å². The van der Waals surface area contributed by atoms with Gasteiger partial charge in [0.05, 0.1) is 6.54 Å². The molecule has 0 spiro atoms. The van der Waals surface area contributed by atoms with E-state index in [1.165, 1.54) is 0 Å². The van der Waals surface area contributed by atoms with E-state index in [4.69, 9.17) is 5.11 Å². The lowest BCUT2D eigenvalue weighted by molar-refractivity contribution is -0.139. The number of nitrogens with zero attached hydrogens (tertiary/aromatic N) is 1. The maximum absolute atomic E-state index is 12.1. The molecule has 1 aromatic rings. The Morgan fingerprint density at radius 3 is 2.71 bits per heavy atom. The number of amides is 1. The molecule has 0 unspecified atom stereocenters. The fourth-order valence-corrected chi connectivity index (χ4v) is 2.97. The van der Waals surface area contributed by atoms with Crippen molar-refractivity contribution in [2.75, 3.05) is 13.1 Å². The van der Waals surface area contributed by atoms with Crippen molar-refractivity contribution in [3.05, 3.63) is 34.3 Å². The quantitative estimate of drug-likeness (QED) is 0.820. The Balaban J connectivity index is 1.82. The SMILES string of the molecule is CCN(CC(=O)O)C1CC(NC(=O)c2cccc(Br)c2)C1. The van der Waals surface area contributed by atoms with Gasteiger partial charge < -0.3 is 10.4 Å². The van der Waals surface area contributed by atoms with Crippen molar-refractivity contribution >= 4 is 27.8 Å². The second kappa shape index (κ2) is 7.04. The predicted octanol–water partition coefficient (Wildman–Crippen LogP) is 2.12. The van der Waals surface area contributed by atoms with Crippen LogP contribution in [-0.2, 0) is 4.79 Å². The highest BCUT2D eigenvalue weighted by Gasteiger charge is 2.34. The van der Waals surface area contributed by atoms with Crippen LogP contribution in [0.2, 0.25) is 0 Å². The van der Waals surface area contributed by atoms with Gasteiger partial charge in [-0.15, -0.1) is 0 Å². The highest BCUT2D eigenvalue weighted by atomic mass is 79.9. The summed E-state index contributed by atoms with van der Waals surface area (Å²) >= 11 is 3.35. The summed E-state index contributed by atoms with van der Waals surface area (Å²) in [7, 11) is 0. The number of halogens is 1. The zero-order valence-corrected chi connectivity index (χ0v) is 13.5. The third kappa shape index (κ3) is 4.28. The monoisotopic (exact) mass is 354 g/mol. The molecule has 1 fully saturated rings. The first-order valence-corrected chi connectivity index (χ1v) is 7.81. The van der Waals surface area contributed by atoms with Crippen molar-refractivity contribution in [3.63, 3.8) is 0 Å². The summed E-state index contributed by atoms with van der Waals surface area (Å²) in [4.78, 5) is 24.8. The molecule has 1 aliphatic carbocycles. The standard InChI is InChI=1S/C15H19BrN2O3/c1-2-18(9-14(19)20)13-7-12(8-13)17-15(21)10-4-3-5-11(16)6-10/h3-6,12-13H,2,7-9H2,1H3,(H,17,21)(H,19,20). The third-order valence-electron chi connectivity index (χ3n) is 3.80. The number of benzene rings is 1. The van der Waals surface area contributed by atoms with Crippen LogP contribution in [0, 0.1) is 0 Å². The molecule has 0 aliphatic heterocycles. The molecule has 0 bridgehead atoms. The minimum Gasteiger partial charge on any atom is -0.480 e. The molecule has 0 aromatic heterocycles. The number of carbonyl (C=O) groups is 2. The van der Waals surface area contributed by atoms with Gasteiger partial charge in [-0.3, -0.25) is 14.5 Å². The number of nitrogens with one attached hydrogen (secondary N) is 1. The second-order valence-electron chi connectivity index (χ2n) is 5.26. The molecule has 1 aliphatic rings. The summed E-state index contributed by atoms with van der Waals surface area (Å²) in [6.07, 6.45) is 1.61. The van der Waals surface area contributed by atoms with Crippen LogP contribution in [0.3, 0.4) is 0 Å². The van der Waals surface area contributed by atoms with Gasteiger partial charge in [-0.1, -0.05) is 28.9 Å². The molecule has 1 aromatic carbocycles. The Bertz CT molecular complexity index is 529. The van der Waals surface area contributed by atoms with Crippen molar-refractivity contribution < 1.29 is 14.7 Å². The van der Waals surface area contributed by atoms with Crippen molar-refractivity contribution in [1.29, 1.82) is 0 Å². The lowest BCUT2D eigenvalue weighted by Crippen LogP contribution is -2.54. The lowest BCUT2D eigenvalue weighted by atomic mass is 9.85. The molecular weight excluding hydrogens is 336 g/mol. The summed E-state index contributed by atoms with van der Waals surface area (Å²) in [5.74, 6) is -0.889. The maximum Gasteiger partial charge on any atom is 0.317 e. The molecule has 0 atom stereocenters. The van der Waals surface area contributed by atoms with Gasteiger partial charge in [0.25, 0.3) is 5.91 Å². The summed E-state index contributed by atoms with van der Waals surface area (Å²) in [6.45, 7) is 2.73. The zero-order valence-electron chi connectivity index (χ0n) is 11.9. The van der Waals surface area contributed by atoms with E-state index in [-0.39, 0.29) is 24.5 Å². The van der Waals surface area contributed by atoms with Gasteiger partial charge >= 0.3 is 5.97 Å². The van der Waals surface area contributed by atoms with Gasteiger partial charge in [0.2, 0.25) is 0 Å². The van der Waals surface area contributed by atoms with Crippen LogP contribution in [0.5, 0.6) is 0 Å². The van der Waals surface area contributed by atoms with Crippen molar-refractivity contribution in [1.82, 2.24) is 10.2 Å². The van der Waals surface area contributed by atoms with Crippen LogP contribution >= 0.6 is 15.9 Å². The van der Waals surface area contributed by atoms with E-state index in [1.807, 2.05) is 24.0 Å². The Morgan fingerprint density at radius 2 is 2.14 bits per heavy atom. The Labute approximate surface area is 132 Å². The van der Waals surface area contributed by atoms with Crippen molar-refractivity contribution in [3.8, 4) is 0 Å². The molecule has 1 saturated carbocycles. The Morgan fingerprint density at radius 1 is 1.43 bits per heavy atom. The van der Waals surface area contributed by atoms with Crippen LogP contribution in [-0.4, -0.2) is 47.1 Å². The van der Waals surface area contributed by atoms with E-state index in [9.17, 15) is 9.59 Å². The van der Waals surface area contributed by atoms with E-state index in [1.54, 1.807) is 12.1 Å². The van der Waals surface area contributed by atoms with Crippen LogP contribution in [0.4, 0.5) is 0 Å². The van der Waals surface area contributed by atoms with Crippen LogP contribution in [0.15, 0.2) is 28.7 Å². The first kappa shape index (κ1) is 16.0. The zero-order chi connectivity index (χ0) is 15.4. The van der Waals surface area contributed by atoms with Gasteiger partial charge in [0.1, 0.15) is 0 Å². The van der Waals surface area contributed by atoms with Gasteiger partial charge in [-0.25, -0.2) is 0 Å². The molecule has 5 nitrogen and oxygen atoms in total. The van der Waals surface area contributed by atoms with Crippen molar-refractivity contribution in [2.24, 2.45) is 0 Å². The molecular formula is C15H19BrN2O3. The molecule has 0 heterocycles. The van der Waals surface area contributed by atoms with E-state index >= 15 is 0 Å². The summed E-state index contributed by atoms with van der Waals surface area (Å²) < 4.78 is 0.875. The molecule has 1 amide bonds. The van der Waals surface area contributed by atoms with Crippen LogP contribution in [0.1, 0.15) is 30.1 Å². The maximum atomic E-state index is 12.1. The predicted molar refractivity (Wildman–Crippen MR) is 83.3 cm³/mol. The van der Waals surface area contributed by atoms with Gasteiger partial charge in [-0.05, 0) is 37.6 Å². The number of carboxylic acids is 1. The van der Waals surface area contributed by atoms with Crippen molar-refractivity contribution in [2.45, 2.75) is 31.8 Å². The minimum absolute atomic E-state index is 0.0630. The summed E-state index contributed by atoms with van der Waals surface area (Å²) in [6, 6.07) is 7.64. The van der Waals surface area contributed by atoms with Crippen LogP contribution in [0.25, 0.3) is 0 Å². The van der Waals surface area contributed by atoms with Gasteiger partial charge in [0.15, 0.2) is 0 Å². The third-order valence-corrected chi connectivity index (χ3v) is 4.29. The Kier molecular flexibility index (Phi) is 5.36. The average Bonchev–Trinajstić information content (AvgIpc) is 2.39. The number of rotatable bonds is 6. The largest absolute Gasteiger partial charge is 0.480 e. The molecule has 6 heteroatoms. The van der Waals surface area contributed by atoms with E-state index in [0.717, 1.165) is 17.3 Å². The van der Waals surface area contributed by atoms with E-state index in [2.05, 4.69) is 21.2 Å². The molecule has 2 rings (SSSR count). The number of hydrogen-bond donors (Lipinski definition) is 2. The highest BCUT2D eigenvalue weighted by molar-refractivity contribution is 9.10. The number of hydrogen-bond acceptors (Lipinski definition) is 3. The molecule has 0 radical (unpaired) electrons. The molecule has 21 heavy (non-hydrogen) atoms. The minimum atomic E-state index is -0.807. The van der Waals surface area contributed by atoms with Crippen LogP contribution < -0.4 is 5.32 Å². The average molecular weight is 355 g/mol. The smallest absolute Gasteiger partial charge is 0.317 e. The first-order valence-electron chi connectivity index (χ1n) is 7.02. The first-order chi connectivity index (χ1) is 9.99. The topological polar surface area (TPSA) is 69.6 Å². The summed E-state index contributed by atoms with van der Waals surface area (Å²) in [5.41, 5.74) is 0.630. The number of carboxylic acid groups (broad SMARTS) is 1. The number of aliphatic carboxylic acids is 1. The summed E-state index contributed by atoms with van der Waals surface area (Å²) in [5, 5.41) is 11.8. The Hall–Kier alpha value is -1.40. The lowest BCUT2D eigenvalue weighted by Gasteiger charge is -2.42. The molecule has 2 N–H and O–H groups in total. The normalized spacial score (nSPS) is 20.9. The van der Waals surface area contributed by atoms with Gasteiger partial charge in [-0.2, -0.15) is 0 Å². The fourth-order valence-electron chi connectivity index (χ4n) is 2.58.